The molecule has 6 nitrogen and oxygen atoms in total. The molecule has 1 saturated heterocycles. The van der Waals surface area contributed by atoms with Gasteiger partial charge in [-0.05, 0) is 60.9 Å². The van der Waals surface area contributed by atoms with E-state index in [2.05, 4.69) is 20.4 Å². The van der Waals surface area contributed by atoms with E-state index in [1.807, 2.05) is 49.3 Å². The lowest BCUT2D eigenvalue weighted by atomic mass is 10.0. The van der Waals surface area contributed by atoms with Crippen molar-refractivity contribution in [3.05, 3.63) is 66.0 Å². The molecule has 1 aliphatic rings. The van der Waals surface area contributed by atoms with E-state index in [1.165, 1.54) is 12.1 Å². The molecule has 30 heavy (non-hydrogen) atoms. The van der Waals surface area contributed by atoms with Crippen LogP contribution < -0.4 is 15.1 Å². The summed E-state index contributed by atoms with van der Waals surface area (Å²) >= 11 is 0. The summed E-state index contributed by atoms with van der Waals surface area (Å²) in [6.07, 6.45) is 1.72. The maximum absolute atomic E-state index is 13.1. The van der Waals surface area contributed by atoms with Gasteiger partial charge in [0.15, 0.2) is 5.82 Å². The second-order valence-electron chi connectivity index (χ2n) is 7.83. The fourth-order valence-electron chi connectivity index (χ4n) is 3.70. The van der Waals surface area contributed by atoms with Crippen LogP contribution >= 0.6 is 0 Å². The predicted octanol–water partition coefficient (Wildman–Crippen LogP) is 3.68. The number of rotatable bonds is 5. The fraction of sp³-hybridized carbons (Fsp3) is 0.304. The topological polar surface area (TPSA) is 64.3 Å². The van der Waals surface area contributed by atoms with Gasteiger partial charge in [0, 0.05) is 50.5 Å². The number of nitrogens with one attached hydrogen (secondary N) is 2. The number of aromatic amines is 1. The van der Waals surface area contributed by atoms with Crippen LogP contribution in [0.5, 0.6) is 0 Å². The number of carbonyl (C=O) groups excluding carboxylic acids is 1. The first-order chi connectivity index (χ1) is 14.5. The van der Waals surface area contributed by atoms with Gasteiger partial charge in [-0.25, -0.2) is 4.39 Å². The molecule has 156 valence electrons. The number of hydrogen-bond donors (Lipinski definition) is 2. The molecule has 0 unspecified atom stereocenters. The number of benzene rings is 2. The van der Waals surface area contributed by atoms with Gasteiger partial charge in [0.1, 0.15) is 5.82 Å². The minimum atomic E-state index is -0.254. The first-order valence-electron chi connectivity index (χ1n) is 10.1. The maximum Gasteiger partial charge on any atom is 0.251 e. The number of H-pyrrole nitrogens is 1. The number of nitrogens with zero attached hydrogens (tertiary/aromatic N) is 3. The highest BCUT2D eigenvalue weighted by molar-refractivity contribution is 5.95. The van der Waals surface area contributed by atoms with Crippen LogP contribution in [0.4, 0.5) is 15.9 Å². The number of aromatic nitrogens is 2. The Labute approximate surface area is 175 Å². The molecule has 0 spiro atoms. The molecule has 0 aliphatic carbocycles. The summed E-state index contributed by atoms with van der Waals surface area (Å²) in [6.45, 7) is 1.63. The zero-order valence-corrected chi connectivity index (χ0v) is 17.2. The van der Waals surface area contributed by atoms with Crippen molar-refractivity contribution in [2.45, 2.75) is 18.9 Å². The van der Waals surface area contributed by atoms with Crippen molar-refractivity contribution in [1.29, 1.82) is 0 Å². The SMILES string of the molecule is CN(C)c1cccc(C(=O)NC2CCN(c3cc(-c4ccc(F)cc4)[nH]n3)CC2)c1. The van der Waals surface area contributed by atoms with Gasteiger partial charge in [0.05, 0.1) is 5.69 Å². The summed E-state index contributed by atoms with van der Waals surface area (Å²) in [5.41, 5.74) is 3.45. The third-order valence-electron chi connectivity index (χ3n) is 5.50. The van der Waals surface area contributed by atoms with Gasteiger partial charge in [-0.3, -0.25) is 9.89 Å². The third-order valence-corrected chi connectivity index (χ3v) is 5.50. The van der Waals surface area contributed by atoms with Gasteiger partial charge in [-0.15, -0.1) is 0 Å². The van der Waals surface area contributed by atoms with Crippen molar-refractivity contribution >= 4 is 17.4 Å². The van der Waals surface area contributed by atoms with E-state index in [0.29, 0.717) is 5.56 Å². The van der Waals surface area contributed by atoms with Crippen molar-refractivity contribution in [3.8, 4) is 11.3 Å². The molecule has 4 rings (SSSR count). The number of halogens is 1. The average molecular weight is 407 g/mol. The molecule has 2 N–H and O–H groups in total. The molecule has 3 aromatic rings. The van der Waals surface area contributed by atoms with E-state index in [-0.39, 0.29) is 17.8 Å². The molecule has 1 aliphatic heterocycles. The van der Waals surface area contributed by atoms with Gasteiger partial charge < -0.3 is 15.1 Å². The van der Waals surface area contributed by atoms with Crippen LogP contribution in [-0.2, 0) is 0 Å². The smallest absolute Gasteiger partial charge is 0.251 e. The quantitative estimate of drug-likeness (QED) is 0.677. The van der Waals surface area contributed by atoms with E-state index >= 15 is 0 Å². The van der Waals surface area contributed by atoms with Crippen LogP contribution in [0.2, 0.25) is 0 Å². The average Bonchev–Trinajstić information content (AvgIpc) is 3.25. The molecular weight excluding hydrogens is 381 g/mol. The van der Waals surface area contributed by atoms with Gasteiger partial charge in [-0.2, -0.15) is 5.10 Å². The molecule has 1 amide bonds. The Balaban J connectivity index is 1.33. The van der Waals surface area contributed by atoms with Crippen molar-refractivity contribution < 1.29 is 9.18 Å². The second kappa shape index (κ2) is 8.57. The normalized spacial score (nSPS) is 14.6. The van der Waals surface area contributed by atoms with Crippen molar-refractivity contribution in [2.75, 3.05) is 37.0 Å². The lowest BCUT2D eigenvalue weighted by Gasteiger charge is -2.32. The van der Waals surface area contributed by atoms with E-state index in [9.17, 15) is 9.18 Å². The molecule has 1 aromatic heterocycles. The molecule has 0 saturated carbocycles. The number of amides is 1. The summed E-state index contributed by atoms with van der Waals surface area (Å²) in [6, 6.07) is 16.1. The van der Waals surface area contributed by atoms with E-state index < -0.39 is 0 Å². The second-order valence-corrected chi connectivity index (χ2v) is 7.83. The van der Waals surface area contributed by atoms with Crippen molar-refractivity contribution in [1.82, 2.24) is 15.5 Å². The van der Waals surface area contributed by atoms with Crippen molar-refractivity contribution in [2.24, 2.45) is 0 Å². The zero-order valence-electron chi connectivity index (χ0n) is 17.2. The van der Waals surface area contributed by atoms with E-state index in [4.69, 9.17) is 0 Å². The third kappa shape index (κ3) is 4.45. The first-order valence-corrected chi connectivity index (χ1v) is 10.1. The Morgan fingerprint density at radius 2 is 1.87 bits per heavy atom. The summed E-state index contributed by atoms with van der Waals surface area (Å²) in [4.78, 5) is 16.8. The molecule has 7 heteroatoms. The first kappa shape index (κ1) is 19.9. The Hall–Kier alpha value is -3.35. The van der Waals surface area contributed by atoms with Crippen LogP contribution in [-0.4, -0.2) is 49.3 Å². The lowest BCUT2D eigenvalue weighted by molar-refractivity contribution is 0.0931. The van der Waals surface area contributed by atoms with E-state index in [1.54, 1.807) is 12.1 Å². The highest BCUT2D eigenvalue weighted by Crippen LogP contribution is 2.24. The number of carbonyl (C=O) groups is 1. The van der Waals surface area contributed by atoms with Crippen LogP contribution in [0.15, 0.2) is 54.6 Å². The number of piperidine rings is 1. The van der Waals surface area contributed by atoms with Crippen LogP contribution in [0.25, 0.3) is 11.3 Å². The fourth-order valence-corrected chi connectivity index (χ4v) is 3.70. The van der Waals surface area contributed by atoms with E-state index in [0.717, 1.165) is 48.7 Å². The van der Waals surface area contributed by atoms with Crippen LogP contribution in [0, 0.1) is 5.82 Å². The summed E-state index contributed by atoms with van der Waals surface area (Å²) < 4.78 is 13.1. The zero-order chi connectivity index (χ0) is 21.1. The molecule has 0 radical (unpaired) electrons. The van der Waals surface area contributed by atoms with Crippen LogP contribution in [0.1, 0.15) is 23.2 Å². The van der Waals surface area contributed by atoms with Crippen LogP contribution in [0.3, 0.4) is 0 Å². The number of hydrogen-bond acceptors (Lipinski definition) is 4. The predicted molar refractivity (Wildman–Crippen MR) is 117 cm³/mol. The number of anilines is 2. The van der Waals surface area contributed by atoms with Gasteiger partial charge in [0.25, 0.3) is 5.91 Å². The standard InChI is InChI=1S/C23H26FN5O/c1-28(2)20-5-3-4-17(14-20)23(30)25-19-10-12-29(13-11-19)22-15-21(26-27-22)16-6-8-18(24)9-7-16/h3-9,14-15,19H,10-13H2,1-2H3,(H,25,30)(H,26,27). The Bertz CT molecular complexity index is 1010. The van der Waals surface area contributed by atoms with Gasteiger partial charge in [0.2, 0.25) is 0 Å². The molecule has 1 fully saturated rings. The summed E-state index contributed by atoms with van der Waals surface area (Å²) in [7, 11) is 3.92. The largest absolute Gasteiger partial charge is 0.378 e. The summed E-state index contributed by atoms with van der Waals surface area (Å²) in [5.74, 6) is 0.587. The van der Waals surface area contributed by atoms with Gasteiger partial charge >= 0.3 is 0 Å². The maximum atomic E-state index is 13.1. The van der Waals surface area contributed by atoms with Crippen molar-refractivity contribution in [3.63, 3.8) is 0 Å². The monoisotopic (exact) mass is 407 g/mol. The molecule has 0 atom stereocenters. The Morgan fingerprint density at radius 3 is 2.57 bits per heavy atom. The Kier molecular flexibility index (Phi) is 5.70. The molecular formula is C23H26FN5O. The molecule has 2 heterocycles. The lowest BCUT2D eigenvalue weighted by Crippen LogP contribution is -2.44. The minimum absolute atomic E-state index is 0.0319. The molecule has 0 bridgehead atoms. The molecule has 2 aromatic carbocycles. The highest BCUT2D eigenvalue weighted by Gasteiger charge is 2.23. The highest BCUT2D eigenvalue weighted by atomic mass is 19.1. The summed E-state index contributed by atoms with van der Waals surface area (Å²) in [5, 5.41) is 10.6. The minimum Gasteiger partial charge on any atom is -0.378 e. The Morgan fingerprint density at radius 1 is 1.13 bits per heavy atom. The van der Waals surface area contributed by atoms with Gasteiger partial charge in [-0.1, -0.05) is 6.07 Å².